The van der Waals surface area contributed by atoms with Crippen molar-refractivity contribution in [3.63, 3.8) is 0 Å². The predicted molar refractivity (Wildman–Crippen MR) is 112 cm³/mol. The van der Waals surface area contributed by atoms with Crippen LogP contribution in [0.5, 0.6) is 5.75 Å². The highest BCUT2D eigenvalue weighted by atomic mass is 16.3. The van der Waals surface area contributed by atoms with E-state index in [0.717, 1.165) is 28.0 Å². The number of aromatic nitrogens is 3. The lowest BCUT2D eigenvalue weighted by molar-refractivity contribution is 0.477. The topological polar surface area (TPSA) is 62.1 Å². The van der Waals surface area contributed by atoms with Gasteiger partial charge in [-0.3, -0.25) is 4.98 Å². The van der Waals surface area contributed by atoms with E-state index in [1.807, 2.05) is 50.4 Å². The minimum Gasteiger partial charge on any atom is -0.507 e. The zero-order valence-corrected chi connectivity index (χ0v) is 16.2. The number of aromatic hydroxyl groups is 1. The van der Waals surface area contributed by atoms with Gasteiger partial charge in [-0.2, -0.15) is 0 Å². The number of para-hydroxylation sites is 1. The normalized spacial score (nSPS) is 12.1. The number of nitrogens with zero attached hydrogens (tertiary/aromatic N) is 4. The van der Waals surface area contributed by atoms with E-state index < -0.39 is 0 Å². The van der Waals surface area contributed by atoms with Gasteiger partial charge in [-0.25, -0.2) is 9.97 Å². The Morgan fingerprint density at radius 2 is 1.75 bits per heavy atom. The van der Waals surface area contributed by atoms with Crippen molar-refractivity contribution in [2.75, 3.05) is 11.9 Å². The molecule has 140 valence electrons. The minimum atomic E-state index is 0.0258. The minimum absolute atomic E-state index is 0.0258. The SMILES string of the molecule is Cc1ccc2c(N(C)C(C)c3ccccn3)nc(-c3ccccc3O)nc2c1. The van der Waals surface area contributed by atoms with E-state index in [1.165, 1.54) is 0 Å². The summed E-state index contributed by atoms with van der Waals surface area (Å²) in [5.41, 5.74) is 3.56. The Kier molecular flexibility index (Phi) is 4.65. The van der Waals surface area contributed by atoms with Crippen LogP contribution in [-0.4, -0.2) is 27.1 Å². The fourth-order valence-electron chi connectivity index (χ4n) is 3.28. The summed E-state index contributed by atoms with van der Waals surface area (Å²) in [6.07, 6.45) is 1.80. The number of hydrogen-bond donors (Lipinski definition) is 1. The number of rotatable bonds is 4. The predicted octanol–water partition coefficient (Wildman–Crippen LogP) is 4.90. The number of phenolic OH excluding ortho intramolecular Hbond substituents is 1. The molecule has 0 aliphatic heterocycles. The Morgan fingerprint density at radius 3 is 2.50 bits per heavy atom. The summed E-state index contributed by atoms with van der Waals surface area (Å²) in [5, 5.41) is 11.3. The fraction of sp³-hybridized carbons (Fsp3) is 0.174. The van der Waals surface area contributed by atoms with Gasteiger partial charge in [0, 0.05) is 18.6 Å². The van der Waals surface area contributed by atoms with Crippen LogP contribution in [0.1, 0.15) is 24.2 Å². The van der Waals surface area contributed by atoms with E-state index in [1.54, 1.807) is 18.3 Å². The molecule has 0 aliphatic carbocycles. The Bertz CT molecular complexity index is 1130. The van der Waals surface area contributed by atoms with E-state index in [-0.39, 0.29) is 11.8 Å². The lowest BCUT2D eigenvalue weighted by atomic mass is 10.1. The van der Waals surface area contributed by atoms with E-state index >= 15 is 0 Å². The molecule has 0 saturated heterocycles. The summed E-state index contributed by atoms with van der Waals surface area (Å²) in [4.78, 5) is 16.2. The fourth-order valence-corrected chi connectivity index (χ4v) is 3.28. The molecule has 0 saturated carbocycles. The van der Waals surface area contributed by atoms with Gasteiger partial charge >= 0.3 is 0 Å². The van der Waals surface area contributed by atoms with Crippen molar-refractivity contribution in [3.05, 3.63) is 78.1 Å². The molecule has 0 aliphatic rings. The summed E-state index contributed by atoms with van der Waals surface area (Å²) in [6, 6.07) is 19.2. The first kappa shape index (κ1) is 17.9. The van der Waals surface area contributed by atoms with Crippen LogP contribution >= 0.6 is 0 Å². The van der Waals surface area contributed by atoms with Crippen LogP contribution in [0.25, 0.3) is 22.3 Å². The molecule has 5 nitrogen and oxygen atoms in total. The van der Waals surface area contributed by atoms with Crippen LogP contribution in [0, 0.1) is 6.92 Å². The molecule has 5 heteroatoms. The molecular weight excluding hydrogens is 348 g/mol. The Morgan fingerprint density at radius 1 is 0.964 bits per heavy atom. The van der Waals surface area contributed by atoms with Crippen molar-refractivity contribution in [3.8, 4) is 17.1 Å². The molecule has 1 N–H and O–H groups in total. The Labute approximate surface area is 164 Å². The third-order valence-electron chi connectivity index (χ3n) is 5.01. The van der Waals surface area contributed by atoms with Crippen LogP contribution < -0.4 is 4.90 Å². The molecule has 1 atom stereocenters. The van der Waals surface area contributed by atoms with Crippen molar-refractivity contribution in [1.29, 1.82) is 0 Å². The zero-order chi connectivity index (χ0) is 19.7. The average molecular weight is 370 g/mol. The molecule has 0 bridgehead atoms. The quantitative estimate of drug-likeness (QED) is 0.553. The van der Waals surface area contributed by atoms with Gasteiger partial charge in [0.2, 0.25) is 0 Å². The third-order valence-corrected chi connectivity index (χ3v) is 5.01. The zero-order valence-electron chi connectivity index (χ0n) is 16.2. The van der Waals surface area contributed by atoms with Crippen molar-refractivity contribution in [1.82, 2.24) is 15.0 Å². The van der Waals surface area contributed by atoms with Gasteiger partial charge in [0.15, 0.2) is 5.82 Å². The molecule has 0 fully saturated rings. The van der Waals surface area contributed by atoms with Crippen LogP contribution in [0.2, 0.25) is 0 Å². The average Bonchev–Trinajstić information content (AvgIpc) is 2.72. The maximum absolute atomic E-state index is 10.3. The first-order valence-electron chi connectivity index (χ1n) is 9.25. The molecule has 4 aromatic rings. The summed E-state index contributed by atoms with van der Waals surface area (Å²) in [5.74, 6) is 1.48. The highest BCUT2D eigenvalue weighted by molar-refractivity contribution is 5.92. The first-order chi connectivity index (χ1) is 13.5. The summed E-state index contributed by atoms with van der Waals surface area (Å²) >= 11 is 0. The molecule has 0 spiro atoms. The number of hydrogen-bond acceptors (Lipinski definition) is 5. The third kappa shape index (κ3) is 3.27. The van der Waals surface area contributed by atoms with Crippen LogP contribution in [0.15, 0.2) is 66.9 Å². The monoisotopic (exact) mass is 370 g/mol. The van der Waals surface area contributed by atoms with Crippen molar-refractivity contribution < 1.29 is 5.11 Å². The Balaban J connectivity index is 1.90. The maximum atomic E-state index is 10.3. The van der Waals surface area contributed by atoms with E-state index in [0.29, 0.717) is 11.4 Å². The van der Waals surface area contributed by atoms with E-state index in [9.17, 15) is 5.11 Å². The van der Waals surface area contributed by atoms with Gasteiger partial charge in [-0.15, -0.1) is 0 Å². The van der Waals surface area contributed by atoms with Crippen LogP contribution in [0.4, 0.5) is 5.82 Å². The molecule has 2 heterocycles. The summed E-state index contributed by atoms with van der Waals surface area (Å²) in [7, 11) is 2.01. The largest absolute Gasteiger partial charge is 0.507 e. The van der Waals surface area contributed by atoms with Crippen LogP contribution in [0.3, 0.4) is 0 Å². The summed E-state index contributed by atoms with van der Waals surface area (Å²) in [6.45, 7) is 4.14. The molecule has 0 amide bonds. The van der Waals surface area contributed by atoms with Crippen molar-refractivity contribution >= 4 is 16.7 Å². The second-order valence-corrected chi connectivity index (χ2v) is 6.95. The molecule has 28 heavy (non-hydrogen) atoms. The lowest BCUT2D eigenvalue weighted by Gasteiger charge is -2.27. The molecule has 1 unspecified atom stereocenters. The van der Waals surface area contributed by atoms with Crippen LogP contribution in [-0.2, 0) is 0 Å². The molecular formula is C23H22N4O. The number of fused-ring (bicyclic) bond motifs is 1. The van der Waals surface area contributed by atoms with Gasteiger partial charge in [0.25, 0.3) is 0 Å². The van der Waals surface area contributed by atoms with Gasteiger partial charge < -0.3 is 10.0 Å². The van der Waals surface area contributed by atoms with Gasteiger partial charge in [0.05, 0.1) is 22.8 Å². The molecule has 0 radical (unpaired) electrons. The second kappa shape index (κ2) is 7.27. The number of phenols is 1. The highest BCUT2D eigenvalue weighted by Crippen LogP contribution is 2.34. The van der Waals surface area contributed by atoms with E-state index in [4.69, 9.17) is 9.97 Å². The van der Waals surface area contributed by atoms with Gasteiger partial charge in [0.1, 0.15) is 11.6 Å². The molecule has 4 rings (SSSR count). The summed E-state index contributed by atoms with van der Waals surface area (Å²) < 4.78 is 0. The number of benzene rings is 2. The van der Waals surface area contributed by atoms with Gasteiger partial charge in [-0.05, 0) is 55.8 Å². The maximum Gasteiger partial charge on any atom is 0.165 e. The first-order valence-corrected chi connectivity index (χ1v) is 9.25. The number of pyridine rings is 1. The smallest absolute Gasteiger partial charge is 0.165 e. The van der Waals surface area contributed by atoms with E-state index in [2.05, 4.69) is 28.9 Å². The standard InChI is InChI=1S/C23H22N4O/c1-15-11-12-17-20(14-15)25-22(18-8-4-5-10-21(18)28)26-23(17)27(3)16(2)19-9-6-7-13-24-19/h4-14,16,28H,1-3H3. The number of anilines is 1. The van der Waals surface area contributed by atoms with Crippen molar-refractivity contribution in [2.45, 2.75) is 19.9 Å². The van der Waals surface area contributed by atoms with Gasteiger partial charge in [-0.1, -0.05) is 24.3 Å². The number of aryl methyl sites for hydroxylation is 1. The highest BCUT2D eigenvalue weighted by Gasteiger charge is 2.20. The Hall–Kier alpha value is -3.47. The lowest BCUT2D eigenvalue weighted by Crippen LogP contribution is -2.24. The molecule has 2 aromatic heterocycles. The van der Waals surface area contributed by atoms with Crippen molar-refractivity contribution in [2.24, 2.45) is 0 Å². The second-order valence-electron chi connectivity index (χ2n) is 6.95. The molecule has 2 aromatic carbocycles.